The first-order valence-electron chi connectivity index (χ1n) is 6.71. The summed E-state index contributed by atoms with van der Waals surface area (Å²) in [6, 6.07) is 1.62. The molecular weight excluding hydrogens is 278 g/mol. The van der Waals surface area contributed by atoms with E-state index in [0.29, 0.717) is 17.1 Å². The Morgan fingerprint density at radius 2 is 2.20 bits per heavy atom. The van der Waals surface area contributed by atoms with E-state index < -0.39 is 0 Å². The second-order valence-corrected chi connectivity index (χ2v) is 5.86. The number of morpholine rings is 1. The molecule has 2 heterocycles. The fourth-order valence-corrected chi connectivity index (χ4v) is 2.44. The first kappa shape index (κ1) is 15.2. The lowest BCUT2D eigenvalue weighted by molar-refractivity contribution is -0.00923. The average molecular weight is 298 g/mol. The minimum atomic E-state index is -0.168. The van der Waals surface area contributed by atoms with Crippen molar-refractivity contribution in [3.05, 3.63) is 29.0 Å². The zero-order valence-electron chi connectivity index (χ0n) is 11.9. The Hall–Kier alpha value is -1.17. The van der Waals surface area contributed by atoms with Gasteiger partial charge >= 0.3 is 0 Å². The maximum atomic E-state index is 12.1. The minimum absolute atomic E-state index is 0.112. The molecular formula is C14H20ClN3O2. The smallest absolute Gasteiger partial charge is 0.252 e. The van der Waals surface area contributed by atoms with Gasteiger partial charge < -0.3 is 10.1 Å². The topological polar surface area (TPSA) is 54.5 Å². The van der Waals surface area contributed by atoms with Gasteiger partial charge in [0.15, 0.2) is 0 Å². The number of carbonyl (C=O) groups is 1. The normalized spacial score (nSPS) is 16.9. The lowest BCUT2D eigenvalue weighted by Gasteiger charge is -2.40. The van der Waals surface area contributed by atoms with Crippen molar-refractivity contribution in [2.75, 3.05) is 32.8 Å². The second kappa shape index (κ2) is 6.52. The molecule has 0 aromatic carbocycles. The van der Waals surface area contributed by atoms with Crippen LogP contribution in [-0.4, -0.2) is 54.2 Å². The van der Waals surface area contributed by atoms with Gasteiger partial charge in [-0.1, -0.05) is 11.6 Å². The van der Waals surface area contributed by atoms with Gasteiger partial charge in [-0.25, -0.2) is 0 Å². The predicted molar refractivity (Wildman–Crippen MR) is 78.1 cm³/mol. The second-order valence-electron chi connectivity index (χ2n) is 5.45. The third-order valence-electron chi connectivity index (χ3n) is 3.57. The molecule has 1 N–H and O–H groups in total. The summed E-state index contributed by atoms with van der Waals surface area (Å²) in [6.07, 6.45) is 3.04. The summed E-state index contributed by atoms with van der Waals surface area (Å²) in [5, 5.41) is 3.31. The number of aromatic nitrogens is 1. The molecule has 1 fully saturated rings. The van der Waals surface area contributed by atoms with Crippen molar-refractivity contribution in [2.24, 2.45) is 0 Å². The molecule has 6 heteroatoms. The highest BCUT2D eigenvalue weighted by Gasteiger charge is 2.28. The fraction of sp³-hybridized carbons (Fsp3) is 0.571. The van der Waals surface area contributed by atoms with Crippen molar-refractivity contribution in [2.45, 2.75) is 19.4 Å². The minimum Gasteiger partial charge on any atom is -0.379 e. The largest absolute Gasteiger partial charge is 0.379 e. The standard InChI is InChI=1S/C14H20ClN3O2/c1-14(2,18-5-7-20-8-6-18)10-17-13(19)11-3-4-16-9-12(11)15/h3-4,9H,5-8,10H2,1-2H3,(H,17,19). The van der Waals surface area contributed by atoms with E-state index in [-0.39, 0.29) is 11.4 Å². The Balaban J connectivity index is 1.94. The van der Waals surface area contributed by atoms with Crippen LogP contribution in [0.25, 0.3) is 0 Å². The molecule has 0 radical (unpaired) electrons. The molecule has 0 bridgehead atoms. The van der Waals surface area contributed by atoms with Crippen LogP contribution >= 0.6 is 11.6 Å². The van der Waals surface area contributed by atoms with Crippen molar-refractivity contribution in [1.29, 1.82) is 0 Å². The zero-order valence-corrected chi connectivity index (χ0v) is 12.6. The van der Waals surface area contributed by atoms with Crippen LogP contribution < -0.4 is 5.32 Å². The monoisotopic (exact) mass is 297 g/mol. The van der Waals surface area contributed by atoms with E-state index >= 15 is 0 Å². The van der Waals surface area contributed by atoms with Crippen molar-refractivity contribution >= 4 is 17.5 Å². The lowest BCUT2D eigenvalue weighted by Crippen LogP contribution is -2.55. The van der Waals surface area contributed by atoms with Crippen molar-refractivity contribution < 1.29 is 9.53 Å². The van der Waals surface area contributed by atoms with Crippen LogP contribution in [0.5, 0.6) is 0 Å². The molecule has 1 saturated heterocycles. The Morgan fingerprint density at radius 3 is 2.85 bits per heavy atom. The third kappa shape index (κ3) is 3.69. The maximum absolute atomic E-state index is 12.1. The van der Waals surface area contributed by atoms with Crippen molar-refractivity contribution in [1.82, 2.24) is 15.2 Å². The molecule has 1 aromatic heterocycles. The van der Waals surface area contributed by atoms with Gasteiger partial charge in [0.1, 0.15) is 0 Å². The average Bonchev–Trinajstić information content (AvgIpc) is 2.46. The molecule has 20 heavy (non-hydrogen) atoms. The molecule has 1 aromatic rings. The van der Waals surface area contributed by atoms with Crippen LogP contribution in [0.4, 0.5) is 0 Å². The Bertz CT molecular complexity index is 473. The van der Waals surface area contributed by atoms with Gasteiger partial charge in [-0.3, -0.25) is 14.7 Å². The van der Waals surface area contributed by atoms with Gasteiger partial charge in [0.2, 0.25) is 0 Å². The predicted octanol–water partition coefficient (Wildman–Crippen LogP) is 1.58. The Labute approximate surface area is 124 Å². The molecule has 0 saturated carbocycles. The molecule has 1 aliphatic heterocycles. The van der Waals surface area contributed by atoms with Gasteiger partial charge in [0.05, 0.1) is 23.8 Å². The van der Waals surface area contributed by atoms with Crippen molar-refractivity contribution in [3.63, 3.8) is 0 Å². The summed E-state index contributed by atoms with van der Waals surface area (Å²) in [6.45, 7) is 8.06. The number of pyridine rings is 1. The summed E-state index contributed by atoms with van der Waals surface area (Å²) in [5.74, 6) is -0.168. The van der Waals surface area contributed by atoms with Crippen LogP contribution in [0.15, 0.2) is 18.5 Å². The molecule has 2 rings (SSSR count). The molecule has 0 atom stereocenters. The zero-order chi connectivity index (χ0) is 14.6. The van der Waals surface area contributed by atoms with Gasteiger partial charge in [-0.2, -0.15) is 0 Å². The van der Waals surface area contributed by atoms with E-state index in [1.54, 1.807) is 12.3 Å². The molecule has 1 amide bonds. The SMILES string of the molecule is CC(C)(CNC(=O)c1ccncc1Cl)N1CCOCC1. The number of amides is 1. The summed E-state index contributed by atoms with van der Waals surface area (Å²) >= 11 is 5.97. The summed E-state index contributed by atoms with van der Waals surface area (Å²) in [7, 11) is 0. The highest BCUT2D eigenvalue weighted by molar-refractivity contribution is 6.33. The summed E-state index contributed by atoms with van der Waals surface area (Å²) < 4.78 is 5.35. The molecule has 110 valence electrons. The van der Waals surface area contributed by atoms with E-state index in [2.05, 4.69) is 29.0 Å². The van der Waals surface area contributed by atoms with Gasteiger partial charge in [-0.15, -0.1) is 0 Å². The van der Waals surface area contributed by atoms with Crippen LogP contribution in [0.2, 0.25) is 5.02 Å². The number of nitrogens with zero attached hydrogens (tertiary/aromatic N) is 2. The Kier molecular flexibility index (Phi) is 4.96. The van der Waals surface area contributed by atoms with E-state index in [9.17, 15) is 4.79 Å². The first-order valence-corrected chi connectivity index (χ1v) is 7.09. The Morgan fingerprint density at radius 1 is 1.50 bits per heavy atom. The molecule has 5 nitrogen and oxygen atoms in total. The number of carbonyl (C=O) groups excluding carboxylic acids is 1. The molecule has 0 aliphatic carbocycles. The summed E-state index contributed by atoms with van der Waals surface area (Å²) in [4.78, 5) is 18.3. The first-order chi connectivity index (χ1) is 9.50. The van der Waals surface area contributed by atoms with Crippen LogP contribution in [0, 0.1) is 0 Å². The van der Waals surface area contributed by atoms with E-state index in [0.717, 1.165) is 26.3 Å². The quantitative estimate of drug-likeness (QED) is 0.917. The van der Waals surface area contributed by atoms with E-state index in [1.807, 2.05) is 0 Å². The number of ether oxygens (including phenoxy) is 1. The van der Waals surface area contributed by atoms with Crippen LogP contribution in [0.3, 0.4) is 0 Å². The number of nitrogens with one attached hydrogen (secondary N) is 1. The number of rotatable bonds is 4. The van der Waals surface area contributed by atoms with Gasteiger partial charge in [0, 0.05) is 37.6 Å². The van der Waals surface area contributed by atoms with E-state index in [1.165, 1.54) is 6.20 Å². The van der Waals surface area contributed by atoms with Gasteiger partial charge in [-0.05, 0) is 19.9 Å². The number of hydrogen-bond donors (Lipinski definition) is 1. The van der Waals surface area contributed by atoms with Crippen molar-refractivity contribution in [3.8, 4) is 0 Å². The van der Waals surface area contributed by atoms with E-state index in [4.69, 9.17) is 16.3 Å². The highest BCUT2D eigenvalue weighted by Crippen LogP contribution is 2.17. The van der Waals surface area contributed by atoms with Gasteiger partial charge in [0.25, 0.3) is 5.91 Å². The maximum Gasteiger partial charge on any atom is 0.252 e. The summed E-state index contributed by atoms with van der Waals surface area (Å²) in [5.41, 5.74) is 0.346. The third-order valence-corrected chi connectivity index (χ3v) is 3.87. The molecule has 0 unspecified atom stereocenters. The highest BCUT2D eigenvalue weighted by atomic mass is 35.5. The van der Waals surface area contributed by atoms with Crippen LogP contribution in [-0.2, 0) is 4.74 Å². The van der Waals surface area contributed by atoms with Crippen LogP contribution in [0.1, 0.15) is 24.2 Å². The lowest BCUT2D eigenvalue weighted by atomic mass is 10.0. The molecule has 0 spiro atoms. The molecule has 1 aliphatic rings. The fourth-order valence-electron chi connectivity index (χ4n) is 2.23. The number of hydrogen-bond acceptors (Lipinski definition) is 4. The number of halogens is 1.